The van der Waals surface area contributed by atoms with E-state index in [4.69, 9.17) is 35.8 Å². The second-order valence-electron chi connectivity index (χ2n) is 5.09. The van der Waals surface area contributed by atoms with Crippen LogP contribution in [-0.2, 0) is 30.1 Å². The monoisotopic (exact) mass is 345 g/mol. The molecule has 120 valence electrons. The molecule has 0 saturated carbocycles. The Morgan fingerprint density at radius 3 is 3.09 bits per heavy atom. The highest BCUT2D eigenvalue weighted by Gasteiger charge is 2.46. The van der Waals surface area contributed by atoms with Crippen LogP contribution in [0.15, 0.2) is 29.4 Å². The van der Waals surface area contributed by atoms with Crippen molar-refractivity contribution in [3.63, 3.8) is 0 Å². The average molecular weight is 345 g/mol. The molecule has 3 heterocycles. The fourth-order valence-electron chi connectivity index (χ4n) is 2.38. The minimum atomic E-state index is -2.85. The molecular formula is C12H16N3O5PS. The van der Waals surface area contributed by atoms with Crippen molar-refractivity contribution in [3.8, 4) is 0 Å². The topological polar surface area (TPSA) is 97.8 Å². The van der Waals surface area contributed by atoms with Crippen molar-refractivity contribution in [2.75, 3.05) is 12.3 Å². The fourth-order valence-corrected chi connectivity index (χ4v) is 4.69. The average Bonchev–Trinajstić information content (AvgIpc) is 2.79. The van der Waals surface area contributed by atoms with E-state index in [1.54, 1.807) is 19.2 Å². The number of allylic oxidation sites excluding steroid dienone is 1. The third-order valence-electron chi connectivity index (χ3n) is 3.27. The third kappa shape index (κ3) is 3.09. The lowest BCUT2D eigenvalue weighted by molar-refractivity contribution is -0.0609. The van der Waals surface area contributed by atoms with Crippen molar-refractivity contribution in [1.82, 2.24) is 9.55 Å². The van der Waals surface area contributed by atoms with Crippen molar-refractivity contribution in [2.24, 2.45) is 0 Å². The zero-order valence-corrected chi connectivity index (χ0v) is 13.6. The lowest BCUT2D eigenvalue weighted by Crippen LogP contribution is -2.33. The van der Waals surface area contributed by atoms with E-state index in [-0.39, 0.29) is 24.6 Å². The molecule has 4 unspecified atom stereocenters. The van der Waals surface area contributed by atoms with Crippen LogP contribution in [0.1, 0.15) is 19.6 Å². The first-order chi connectivity index (χ1) is 10.4. The van der Waals surface area contributed by atoms with E-state index in [1.807, 2.05) is 0 Å². The van der Waals surface area contributed by atoms with Crippen LogP contribution in [0, 0.1) is 0 Å². The molecule has 4 atom stereocenters. The molecule has 0 spiro atoms. The summed E-state index contributed by atoms with van der Waals surface area (Å²) in [7, 11) is 0. The summed E-state index contributed by atoms with van der Waals surface area (Å²) in [5.41, 5.74) is 5.01. The molecule has 0 aliphatic carbocycles. The van der Waals surface area contributed by atoms with Crippen LogP contribution in [0.5, 0.6) is 0 Å². The number of nitrogens with two attached hydrogens (primary N) is 1. The molecule has 0 amide bonds. The van der Waals surface area contributed by atoms with Gasteiger partial charge in [-0.25, -0.2) is 4.79 Å². The summed E-state index contributed by atoms with van der Waals surface area (Å²) in [6, 6.07) is 1.54. The molecule has 1 aromatic heterocycles. The number of nitrogen functional groups attached to an aromatic ring is 1. The first-order valence-corrected chi connectivity index (χ1v) is 9.20. The van der Waals surface area contributed by atoms with Crippen molar-refractivity contribution < 1.29 is 18.3 Å². The van der Waals surface area contributed by atoms with Crippen molar-refractivity contribution in [3.05, 3.63) is 35.1 Å². The number of aromatic nitrogens is 2. The van der Waals surface area contributed by atoms with Gasteiger partial charge in [-0.05, 0) is 13.0 Å². The van der Waals surface area contributed by atoms with Crippen LogP contribution in [0.3, 0.4) is 0 Å². The SMILES string of the molecule is C=C(C)OP1(=S)OCC2OC(n3ccc(N)nc3=O)CC2O1. The highest BCUT2D eigenvalue weighted by molar-refractivity contribution is 8.07. The van der Waals surface area contributed by atoms with E-state index >= 15 is 0 Å². The zero-order valence-electron chi connectivity index (χ0n) is 11.9. The van der Waals surface area contributed by atoms with Gasteiger partial charge in [0.1, 0.15) is 24.3 Å². The highest BCUT2D eigenvalue weighted by atomic mass is 32.5. The van der Waals surface area contributed by atoms with Crippen molar-refractivity contribution in [2.45, 2.75) is 31.8 Å². The van der Waals surface area contributed by atoms with Crippen LogP contribution in [-0.4, -0.2) is 28.4 Å². The molecule has 0 bridgehead atoms. The molecule has 22 heavy (non-hydrogen) atoms. The lowest BCUT2D eigenvalue weighted by atomic mass is 10.2. The van der Waals surface area contributed by atoms with Crippen molar-refractivity contribution >= 4 is 24.3 Å². The van der Waals surface area contributed by atoms with Gasteiger partial charge in [0.2, 0.25) is 0 Å². The van der Waals surface area contributed by atoms with Gasteiger partial charge in [-0.15, -0.1) is 0 Å². The number of hydrogen-bond acceptors (Lipinski definition) is 8. The molecule has 3 rings (SSSR count). The van der Waals surface area contributed by atoms with E-state index in [1.165, 1.54) is 4.57 Å². The number of nitrogens with zero attached hydrogens (tertiary/aromatic N) is 2. The van der Waals surface area contributed by atoms with Crippen molar-refractivity contribution in [1.29, 1.82) is 0 Å². The largest absolute Gasteiger partial charge is 0.430 e. The van der Waals surface area contributed by atoms with Crippen LogP contribution < -0.4 is 11.4 Å². The molecule has 8 nitrogen and oxygen atoms in total. The Morgan fingerprint density at radius 1 is 1.64 bits per heavy atom. The molecule has 2 saturated heterocycles. The number of ether oxygens (including phenoxy) is 1. The van der Waals surface area contributed by atoms with E-state index in [0.29, 0.717) is 12.2 Å². The highest BCUT2D eigenvalue weighted by Crippen LogP contribution is 2.57. The molecule has 2 N–H and O–H groups in total. The molecule has 2 aliphatic heterocycles. The second kappa shape index (κ2) is 5.75. The molecule has 2 fully saturated rings. The Balaban J connectivity index is 1.76. The Kier molecular flexibility index (Phi) is 4.09. The van der Waals surface area contributed by atoms with Gasteiger partial charge in [0, 0.05) is 24.4 Å². The predicted octanol–water partition coefficient (Wildman–Crippen LogP) is 1.30. The molecule has 2 aliphatic rings. The summed E-state index contributed by atoms with van der Waals surface area (Å²) in [4.78, 5) is 15.6. The Labute approximate surface area is 132 Å². The summed E-state index contributed by atoms with van der Waals surface area (Å²) in [6.07, 6.45) is 0.907. The van der Waals surface area contributed by atoms with Crippen LogP contribution in [0.4, 0.5) is 5.82 Å². The van der Waals surface area contributed by atoms with E-state index < -0.39 is 18.6 Å². The summed E-state index contributed by atoms with van der Waals surface area (Å²) < 4.78 is 23.8. The minimum absolute atomic E-state index is 0.168. The quantitative estimate of drug-likeness (QED) is 0.647. The van der Waals surface area contributed by atoms with Gasteiger partial charge < -0.3 is 15.0 Å². The fraction of sp³-hybridized carbons (Fsp3) is 0.500. The summed E-state index contributed by atoms with van der Waals surface area (Å²) >= 11 is 5.28. The maximum atomic E-state index is 11.9. The van der Waals surface area contributed by atoms with Gasteiger partial charge in [0.15, 0.2) is 0 Å². The summed E-state index contributed by atoms with van der Waals surface area (Å²) in [5, 5.41) is 0. The van der Waals surface area contributed by atoms with Gasteiger partial charge in [-0.2, -0.15) is 4.98 Å². The van der Waals surface area contributed by atoms with Gasteiger partial charge >= 0.3 is 12.4 Å². The zero-order chi connectivity index (χ0) is 15.9. The molecule has 0 aromatic carbocycles. The van der Waals surface area contributed by atoms with Crippen LogP contribution in [0.25, 0.3) is 0 Å². The number of hydrogen-bond donors (Lipinski definition) is 1. The molecular weight excluding hydrogens is 329 g/mol. The Morgan fingerprint density at radius 2 is 2.41 bits per heavy atom. The van der Waals surface area contributed by atoms with Crippen LogP contribution >= 0.6 is 6.72 Å². The van der Waals surface area contributed by atoms with E-state index in [9.17, 15) is 4.79 Å². The second-order valence-corrected chi connectivity index (χ2v) is 7.97. The maximum Gasteiger partial charge on any atom is 0.380 e. The number of anilines is 1. The first kappa shape index (κ1) is 15.6. The standard InChI is InChI=1S/C12H16N3O5PS/c1-7(2)19-21(22)17-6-9-8(20-21)5-11(18-9)15-4-3-10(13)14-12(15)16/h3-4,8-9,11H,1,5-6H2,2H3,(H2,13,14,16). The summed E-state index contributed by atoms with van der Waals surface area (Å²) in [6.45, 7) is 2.73. The lowest BCUT2D eigenvalue weighted by Gasteiger charge is -2.32. The van der Waals surface area contributed by atoms with E-state index in [2.05, 4.69) is 11.6 Å². The maximum absolute atomic E-state index is 11.9. The molecule has 10 heteroatoms. The van der Waals surface area contributed by atoms with Crippen LogP contribution in [0.2, 0.25) is 0 Å². The van der Waals surface area contributed by atoms with E-state index in [0.717, 1.165) is 0 Å². The molecule has 1 aromatic rings. The number of fused-ring (bicyclic) bond motifs is 1. The van der Waals surface area contributed by atoms with Gasteiger partial charge in [-0.1, -0.05) is 6.58 Å². The predicted molar refractivity (Wildman–Crippen MR) is 82.4 cm³/mol. The first-order valence-electron chi connectivity index (χ1n) is 6.64. The van der Waals surface area contributed by atoms with Gasteiger partial charge in [-0.3, -0.25) is 13.6 Å². The molecule has 0 radical (unpaired) electrons. The Hall–Kier alpha value is -1.25. The Bertz CT molecular complexity index is 708. The minimum Gasteiger partial charge on any atom is -0.430 e. The number of rotatable bonds is 3. The van der Waals surface area contributed by atoms with Gasteiger partial charge in [0.05, 0.1) is 12.4 Å². The van der Waals surface area contributed by atoms with Gasteiger partial charge in [0.25, 0.3) is 0 Å². The normalized spacial score (nSPS) is 34.1. The smallest absolute Gasteiger partial charge is 0.380 e. The summed E-state index contributed by atoms with van der Waals surface area (Å²) in [5.74, 6) is 0.609. The third-order valence-corrected chi connectivity index (χ3v) is 5.60.